The summed E-state index contributed by atoms with van der Waals surface area (Å²) >= 11 is 0. The number of hydrogen-bond acceptors (Lipinski definition) is 3. The summed E-state index contributed by atoms with van der Waals surface area (Å²) in [6.07, 6.45) is 2.58. The lowest BCUT2D eigenvalue weighted by Gasteiger charge is -2.18. The topological polar surface area (TPSA) is 38.8 Å². The Bertz CT molecular complexity index is 668. The predicted octanol–water partition coefficient (Wildman–Crippen LogP) is 3.47. The molecule has 120 valence electrons. The number of nitrogens with zero attached hydrogens (tertiary/aromatic N) is 1. The van der Waals surface area contributed by atoms with Gasteiger partial charge in [0.15, 0.2) is 18.1 Å². The molecule has 0 fully saturated rings. The molecule has 0 aliphatic rings. The van der Waals surface area contributed by atoms with E-state index in [9.17, 15) is 4.79 Å². The Hall–Kier alpha value is -2.75. The average Bonchev–Trinajstić information content (AvgIpc) is 2.60. The fourth-order valence-corrected chi connectivity index (χ4v) is 2.16. The van der Waals surface area contributed by atoms with E-state index in [1.54, 1.807) is 19.1 Å². The van der Waals surface area contributed by atoms with Crippen molar-refractivity contribution in [2.75, 3.05) is 25.7 Å². The summed E-state index contributed by atoms with van der Waals surface area (Å²) in [5.41, 5.74) is 1.91. The van der Waals surface area contributed by atoms with Crippen LogP contribution in [0.15, 0.2) is 61.2 Å². The highest BCUT2D eigenvalue weighted by Gasteiger charge is 2.13. The molecule has 4 heteroatoms. The molecule has 1 amide bonds. The number of carbonyl (C=O) groups is 1. The van der Waals surface area contributed by atoms with E-state index in [0.717, 1.165) is 17.7 Å². The van der Waals surface area contributed by atoms with E-state index in [4.69, 9.17) is 9.47 Å². The highest BCUT2D eigenvalue weighted by Crippen LogP contribution is 2.28. The maximum atomic E-state index is 12.2. The third-order valence-electron chi connectivity index (χ3n) is 3.48. The summed E-state index contributed by atoms with van der Waals surface area (Å²) < 4.78 is 10.9. The molecule has 0 spiro atoms. The standard InChI is InChI=1S/C19H21NO3/c1-4-8-15-11-12-17(18(13-15)22-3)23-14-19(21)20(2)16-9-6-5-7-10-16/h4-7,9-13H,1,8,14H2,2-3H3. The number of amides is 1. The van der Waals surface area contributed by atoms with Gasteiger partial charge in [0.05, 0.1) is 7.11 Å². The van der Waals surface area contributed by atoms with Gasteiger partial charge in [-0.25, -0.2) is 0 Å². The highest BCUT2D eigenvalue weighted by atomic mass is 16.5. The van der Waals surface area contributed by atoms with E-state index in [1.807, 2.05) is 54.6 Å². The lowest BCUT2D eigenvalue weighted by Crippen LogP contribution is -2.31. The van der Waals surface area contributed by atoms with Gasteiger partial charge in [0.25, 0.3) is 5.91 Å². The SMILES string of the molecule is C=CCc1ccc(OCC(=O)N(C)c2ccccc2)c(OC)c1. The van der Waals surface area contributed by atoms with Crippen LogP contribution in [0.1, 0.15) is 5.56 Å². The molecule has 0 radical (unpaired) electrons. The zero-order valence-electron chi connectivity index (χ0n) is 13.5. The lowest BCUT2D eigenvalue weighted by atomic mass is 10.1. The monoisotopic (exact) mass is 311 g/mol. The number of carbonyl (C=O) groups excluding carboxylic acids is 1. The minimum absolute atomic E-state index is 0.0530. The van der Waals surface area contributed by atoms with E-state index in [2.05, 4.69) is 6.58 Å². The van der Waals surface area contributed by atoms with E-state index in [1.165, 1.54) is 0 Å². The molecule has 4 nitrogen and oxygen atoms in total. The molecule has 0 saturated carbocycles. The van der Waals surface area contributed by atoms with Crippen LogP contribution in [0.5, 0.6) is 11.5 Å². The third kappa shape index (κ3) is 4.36. The van der Waals surface area contributed by atoms with Crippen molar-refractivity contribution in [3.05, 3.63) is 66.7 Å². The van der Waals surface area contributed by atoms with Crippen LogP contribution in [0.3, 0.4) is 0 Å². The van der Waals surface area contributed by atoms with Gasteiger partial charge in [0.2, 0.25) is 0 Å². The molecule has 0 bridgehead atoms. The summed E-state index contributed by atoms with van der Waals surface area (Å²) in [7, 11) is 3.31. The molecule has 0 heterocycles. The van der Waals surface area contributed by atoms with Gasteiger partial charge >= 0.3 is 0 Å². The summed E-state index contributed by atoms with van der Waals surface area (Å²) in [4.78, 5) is 13.8. The molecule has 0 unspecified atom stereocenters. The second-order valence-corrected chi connectivity index (χ2v) is 5.05. The first-order valence-corrected chi connectivity index (χ1v) is 7.38. The first-order chi connectivity index (χ1) is 11.2. The van der Waals surface area contributed by atoms with Gasteiger partial charge in [-0.2, -0.15) is 0 Å². The largest absolute Gasteiger partial charge is 0.493 e. The Morgan fingerprint density at radius 3 is 2.57 bits per heavy atom. The number of benzene rings is 2. The molecule has 0 aliphatic carbocycles. The van der Waals surface area contributed by atoms with Crippen LogP contribution < -0.4 is 14.4 Å². The van der Waals surface area contributed by atoms with Crippen molar-refractivity contribution in [3.63, 3.8) is 0 Å². The number of rotatable bonds is 7. The van der Waals surface area contributed by atoms with Crippen LogP contribution in [0.4, 0.5) is 5.69 Å². The minimum atomic E-state index is -0.131. The third-order valence-corrected chi connectivity index (χ3v) is 3.48. The van der Waals surface area contributed by atoms with Gasteiger partial charge in [0, 0.05) is 12.7 Å². The second kappa shape index (κ2) is 8.03. The van der Waals surface area contributed by atoms with Gasteiger partial charge < -0.3 is 14.4 Å². The molecule has 23 heavy (non-hydrogen) atoms. The molecule has 0 aliphatic heterocycles. The number of likely N-dealkylation sites (N-methyl/N-ethyl adjacent to an activating group) is 1. The molecular formula is C19H21NO3. The Balaban J connectivity index is 2.02. The van der Waals surface area contributed by atoms with Crippen molar-refractivity contribution < 1.29 is 14.3 Å². The zero-order chi connectivity index (χ0) is 16.7. The van der Waals surface area contributed by atoms with Gasteiger partial charge in [-0.3, -0.25) is 4.79 Å². The van der Waals surface area contributed by atoms with Crippen molar-refractivity contribution in [1.82, 2.24) is 0 Å². The van der Waals surface area contributed by atoms with Gasteiger partial charge in [0.1, 0.15) is 0 Å². The highest BCUT2D eigenvalue weighted by molar-refractivity contribution is 5.93. The van der Waals surface area contributed by atoms with Crippen LogP contribution in [0, 0.1) is 0 Å². The number of para-hydroxylation sites is 1. The van der Waals surface area contributed by atoms with Gasteiger partial charge in [-0.05, 0) is 36.2 Å². The van der Waals surface area contributed by atoms with Crippen LogP contribution in [0.25, 0.3) is 0 Å². The maximum absolute atomic E-state index is 12.2. The van der Waals surface area contributed by atoms with Crippen LogP contribution in [-0.4, -0.2) is 26.7 Å². The first kappa shape index (κ1) is 16.6. The van der Waals surface area contributed by atoms with Crippen LogP contribution >= 0.6 is 0 Å². The van der Waals surface area contributed by atoms with E-state index in [0.29, 0.717) is 11.5 Å². The Kier molecular flexibility index (Phi) is 5.80. The lowest BCUT2D eigenvalue weighted by molar-refractivity contribution is -0.120. The second-order valence-electron chi connectivity index (χ2n) is 5.05. The van der Waals surface area contributed by atoms with Crippen LogP contribution in [0.2, 0.25) is 0 Å². The van der Waals surface area contributed by atoms with Crippen molar-refractivity contribution in [3.8, 4) is 11.5 Å². The van der Waals surface area contributed by atoms with Crippen LogP contribution in [-0.2, 0) is 11.2 Å². The van der Waals surface area contributed by atoms with E-state index >= 15 is 0 Å². The molecule has 2 aromatic carbocycles. The fourth-order valence-electron chi connectivity index (χ4n) is 2.16. The van der Waals surface area contributed by atoms with Crippen molar-refractivity contribution >= 4 is 11.6 Å². The molecule has 2 rings (SSSR count). The van der Waals surface area contributed by atoms with Gasteiger partial charge in [-0.15, -0.1) is 6.58 Å². The molecular weight excluding hydrogens is 290 g/mol. The average molecular weight is 311 g/mol. The van der Waals surface area contributed by atoms with E-state index < -0.39 is 0 Å². The summed E-state index contributed by atoms with van der Waals surface area (Å²) in [6, 6.07) is 15.1. The Morgan fingerprint density at radius 1 is 1.17 bits per heavy atom. The zero-order valence-corrected chi connectivity index (χ0v) is 13.5. The molecule has 0 aromatic heterocycles. The van der Waals surface area contributed by atoms with E-state index in [-0.39, 0.29) is 12.5 Å². The van der Waals surface area contributed by atoms with Crippen molar-refractivity contribution in [1.29, 1.82) is 0 Å². The van der Waals surface area contributed by atoms with Crippen molar-refractivity contribution in [2.24, 2.45) is 0 Å². The summed E-state index contributed by atoms with van der Waals surface area (Å²) in [5.74, 6) is 1.03. The predicted molar refractivity (Wildman–Crippen MR) is 92.2 cm³/mol. The summed E-state index contributed by atoms with van der Waals surface area (Å²) in [5, 5.41) is 0. The quantitative estimate of drug-likeness (QED) is 0.735. The number of methoxy groups -OCH3 is 1. The number of ether oxygens (including phenoxy) is 2. The molecule has 0 N–H and O–H groups in total. The Labute approximate surface area is 137 Å². The minimum Gasteiger partial charge on any atom is -0.493 e. The molecule has 0 atom stereocenters. The number of anilines is 1. The number of hydrogen-bond donors (Lipinski definition) is 0. The van der Waals surface area contributed by atoms with Crippen molar-refractivity contribution in [2.45, 2.75) is 6.42 Å². The normalized spacial score (nSPS) is 10.0. The smallest absolute Gasteiger partial charge is 0.264 e. The molecule has 0 saturated heterocycles. The maximum Gasteiger partial charge on any atom is 0.264 e. The number of allylic oxidation sites excluding steroid dienone is 1. The molecule has 2 aromatic rings. The fraction of sp³-hybridized carbons (Fsp3) is 0.211. The summed E-state index contributed by atoms with van der Waals surface area (Å²) in [6.45, 7) is 3.67. The first-order valence-electron chi connectivity index (χ1n) is 7.38. The Morgan fingerprint density at radius 2 is 1.91 bits per heavy atom. The van der Waals surface area contributed by atoms with Gasteiger partial charge in [-0.1, -0.05) is 30.3 Å².